The minimum absolute atomic E-state index is 0. The minimum Gasteiger partial charge on any atom is -0.464 e. The summed E-state index contributed by atoms with van der Waals surface area (Å²) in [6, 6.07) is 7.47. The highest BCUT2D eigenvalue weighted by Gasteiger charge is 2.32. The van der Waals surface area contributed by atoms with Gasteiger partial charge in [-0.05, 0) is 38.8 Å². The van der Waals surface area contributed by atoms with Crippen LogP contribution in [0.2, 0.25) is 0 Å². The van der Waals surface area contributed by atoms with Gasteiger partial charge in [0.25, 0.3) is 0 Å². The Morgan fingerprint density at radius 3 is 2.65 bits per heavy atom. The third kappa shape index (κ3) is 5.23. The minimum atomic E-state index is -0.947. The lowest BCUT2D eigenvalue weighted by atomic mass is 10.1. The molecule has 1 amide bonds. The second kappa shape index (κ2) is 9.24. The number of ether oxygens (including phenoxy) is 1. The van der Waals surface area contributed by atoms with E-state index in [1.165, 1.54) is 10.9 Å². The molecule has 26 heavy (non-hydrogen) atoms. The number of nitrogens with zero attached hydrogens (tertiary/aromatic N) is 2. The van der Waals surface area contributed by atoms with E-state index in [1.807, 2.05) is 24.3 Å². The average Bonchev–Trinajstić information content (AvgIpc) is 3.03. The van der Waals surface area contributed by atoms with Crippen LogP contribution in [0.3, 0.4) is 0 Å². The zero-order valence-corrected chi connectivity index (χ0v) is 16.0. The predicted molar refractivity (Wildman–Crippen MR) is 103 cm³/mol. The maximum Gasteiger partial charge on any atom is 0.333 e. The van der Waals surface area contributed by atoms with E-state index in [4.69, 9.17) is 10.5 Å². The molecular weight excluding hydrogens is 356 g/mol. The first-order valence-electron chi connectivity index (χ1n) is 8.20. The molecule has 0 fully saturated rings. The van der Waals surface area contributed by atoms with Gasteiger partial charge in [-0.2, -0.15) is 5.10 Å². The summed E-state index contributed by atoms with van der Waals surface area (Å²) >= 11 is 0. The molecule has 1 aromatic heterocycles. The molecule has 0 spiro atoms. The van der Waals surface area contributed by atoms with E-state index < -0.39 is 5.54 Å². The highest BCUT2D eigenvalue weighted by Crippen LogP contribution is 2.19. The van der Waals surface area contributed by atoms with Gasteiger partial charge in [0.05, 0.1) is 18.5 Å². The molecule has 0 saturated heterocycles. The first kappa shape index (κ1) is 21.5. The van der Waals surface area contributed by atoms with Crippen LogP contribution in [0.4, 0.5) is 11.4 Å². The van der Waals surface area contributed by atoms with Crippen molar-refractivity contribution in [3.05, 3.63) is 42.2 Å². The molecule has 0 aliphatic heterocycles. The fourth-order valence-electron chi connectivity index (χ4n) is 2.33. The Bertz CT molecular complexity index is 758. The lowest BCUT2D eigenvalue weighted by molar-refractivity contribution is -0.152. The first-order chi connectivity index (χ1) is 11.8. The Labute approximate surface area is 159 Å². The van der Waals surface area contributed by atoms with Crippen molar-refractivity contribution >= 4 is 35.7 Å². The zero-order chi connectivity index (χ0) is 18.4. The second-order valence-corrected chi connectivity index (χ2v) is 6.20. The van der Waals surface area contributed by atoms with Crippen molar-refractivity contribution in [2.24, 2.45) is 0 Å². The molecular formula is C18H25ClN4O3. The van der Waals surface area contributed by atoms with Crippen LogP contribution in [0.5, 0.6) is 0 Å². The van der Waals surface area contributed by atoms with Gasteiger partial charge in [0.15, 0.2) is 5.54 Å². The maximum absolute atomic E-state index is 12.1. The molecule has 0 radical (unpaired) electrons. The lowest BCUT2D eigenvalue weighted by Crippen LogP contribution is -2.37. The summed E-state index contributed by atoms with van der Waals surface area (Å²) < 4.78 is 6.53. The second-order valence-electron chi connectivity index (χ2n) is 6.20. The summed E-state index contributed by atoms with van der Waals surface area (Å²) in [4.78, 5) is 24.1. The third-order valence-electron chi connectivity index (χ3n) is 3.89. The molecule has 1 aromatic carbocycles. The van der Waals surface area contributed by atoms with Gasteiger partial charge in [-0.1, -0.05) is 18.2 Å². The van der Waals surface area contributed by atoms with Crippen LogP contribution in [-0.4, -0.2) is 28.3 Å². The largest absolute Gasteiger partial charge is 0.464 e. The van der Waals surface area contributed by atoms with Gasteiger partial charge in [-0.15, -0.1) is 12.4 Å². The monoisotopic (exact) mass is 380 g/mol. The number of aryl methyl sites for hydroxylation is 1. The number of carbonyl (C=O) groups is 2. The molecule has 0 bridgehead atoms. The Balaban J connectivity index is 0.00000338. The number of carbonyl (C=O) groups excluding carboxylic acids is 2. The summed E-state index contributed by atoms with van der Waals surface area (Å²) in [5.41, 5.74) is 7.08. The van der Waals surface area contributed by atoms with Gasteiger partial charge in [-0.3, -0.25) is 9.48 Å². The number of benzene rings is 1. The predicted octanol–water partition coefficient (Wildman–Crippen LogP) is 2.76. The van der Waals surface area contributed by atoms with E-state index in [-0.39, 0.29) is 24.3 Å². The standard InChI is InChI=1S/C18H24N4O3.ClH/c1-4-25-17(24)18(2,3)22-12-14(11-20-22)21-16(23)10-9-13-7-5-6-8-15(13)19;/h5-8,11-12H,4,9-10,19H2,1-3H3,(H,21,23);1H. The van der Waals surface area contributed by atoms with Crippen molar-refractivity contribution < 1.29 is 14.3 Å². The Kier molecular flexibility index (Phi) is 7.64. The highest BCUT2D eigenvalue weighted by atomic mass is 35.5. The molecule has 3 N–H and O–H groups in total. The van der Waals surface area contributed by atoms with Crippen molar-refractivity contribution in [1.29, 1.82) is 0 Å². The number of esters is 1. The third-order valence-corrected chi connectivity index (χ3v) is 3.89. The normalized spacial score (nSPS) is 10.7. The van der Waals surface area contributed by atoms with Crippen LogP contribution in [-0.2, 0) is 26.3 Å². The molecule has 0 saturated carbocycles. The number of para-hydroxylation sites is 1. The fourth-order valence-corrected chi connectivity index (χ4v) is 2.33. The maximum atomic E-state index is 12.1. The summed E-state index contributed by atoms with van der Waals surface area (Å²) in [6.07, 6.45) is 3.99. The van der Waals surface area contributed by atoms with Crippen molar-refractivity contribution in [2.45, 2.75) is 39.2 Å². The van der Waals surface area contributed by atoms with Crippen molar-refractivity contribution in [1.82, 2.24) is 9.78 Å². The highest BCUT2D eigenvalue weighted by molar-refractivity contribution is 5.90. The van der Waals surface area contributed by atoms with E-state index in [9.17, 15) is 9.59 Å². The van der Waals surface area contributed by atoms with E-state index >= 15 is 0 Å². The Hall–Kier alpha value is -2.54. The average molecular weight is 381 g/mol. The van der Waals surface area contributed by atoms with Crippen molar-refractivity contribution in [3.8, 4) is 0 Å². The van der Waals surface area contributed by atoms with Gasteiger partial charge in [-0.25, -0.2) is 4.79 Å². The van der Waals surface area contributed by atoms with Gasteiger partial charge in [0.1, 0.15) is 0 Å². The Morgan fingerprint density at radius 1 is 1.31 bits per heavy atom. The van der Waals surface area contributed by atoms with Gasteiger partial charge >= 0.3 is 5.97 Å². The van der Waals surface area contributed by atoms with Gasteiger partial charge in [0, 0.05) is 18.3 Å². The smallest absolute Gasteiger partial charge is 0.333 e. The fraction of sp³-hybridized carbons (Fsp3) is 0.389. The molecule has 7 nitrogen and oxygen atoms in total. The summed E-state index contributed by atoms with van der Waals surface area (Å²) in [5, 5.41) is 6.94. The van der Waals surface area contributed by atoms with E-state index in [0.29, 0.717) is 30.8 Å². The summed E-state index contributed by atoms with van der Waals surface area (Å²) in [6.45, 7) is 5.47. The van der Waals surface area contributed by atoms with Crippen LogP contribution < -0.4 is 11.1 Å². The van der Waals surface area contributed by atoms with Crippen LogP contribution >= 0.6 is 12.4 Å². The molecule has 0 aliphatic rings. The number of amides is 1. The molecule has 1 heterocycles. The number of hydrogen-bond donors (Lipinski definition) is 2. The van der Waals surface area contributed by atoms with Crippen LogP contribution in [0.1, 0.15) is 32.8 Å². The first-order valence-corrected chi connectivity index (χ1v) is 8.20. The number of aromatic nitrogens is 2. The molecule has 2 rings (SSSR count). The van der Waals surface area contributed by atoms with Crippen LogP contribution in [0.15, 0.2) is 36.7 Å². The number of halogens is 1. The number of nitrogens with one attached hydrogen (secondary N) is 1. The van der Waals surface area contributed by atoms with Crippen LogP contribution in [0.25, 0.3) is 0 Å². The van der Waals surface area contributed by atoms with E-state index in [2.05, 4.69) is 10.4 Å². The molecule has 8 heteroatoms. The summed E-state index contributed by atoms with van der Waals surface area (Å²) in [5.74, 6) is -0.521. The van der Waals surface area contributed by atoms with Crippen LogP contribution in [0, 0.1) is 0 Å². The van der Waals surface area contributed by atoms with Crippen molar-refractivity contribution in [2.75, 3.05) is 17.7 Å². The van der Waals surface area contributed by atoms with E-state index in [1.54, 1.807) is 27.0 Å². The molecule has 2 aromatic rings. The summed E-state index contributed by atoms with van der Waals surface area (Å²) in [7, 11) is 0. The molecule has 0 aliphatic carbocycles. The number of anilines is 2. The van der Waals surface area contributed by atoms with Gasteiger partial charge < -0.3 is 15.8 Å². The zero-order valence-electron chi connectivity index (χ0n) is 15.2. The molecule has 0 atom stereocenters. The van der Waals surface area contributed by atoms with E-state index in [0.717, 1.165) is 5.56 Å². The topological polar surface area (TPSA) is 99.2 Å². The molecule has 142 valence electrons. The van der Waals surface area contributed by atoms with Gasteiger partial charge in [0.2, 0.25) is 5.91 Å². The Morgan fingerprint density at radius 2 is 2.00 bits per heavy atom. The lowest BCUT2D eigenvalue weighted by Gasteiger charge is -2.22. The SMILES string of the molecule is CCOC(=O)C(C)(C)n1cc(NC(=O)CCc2ccccc2N)cn1.Cl. The number of nitrogens with two attached hydrogens (primary N) is 1. The van der Waals surface area contributed by atoms with Crippen molar-refractivity contribution in [3.63, 3.8) is 0 Å². The number of nitrogen functional groups attached to an aromatic ring is 1. The number of hydrogen-bond acceptors (Lipinski definition) is 5. The molecule has 0 unspecified atom stereocenters. The number of rotatable bonds is 7. The quantitative estimate of drug-likeness (QED) is 0.568.